The van der Waals surface area contributed by atoms with Crippen molar-refractivity contribution in [3.8, 4) is 0 Å². The number of hydrogen-bond donors (Lipinski definition) is 0. The molecule has 3 unspecified atom stereocenters. The van der Waals surface area contributed by atoms with Gasteiger partial charge in [0.1, 0.15) is 0 Å². The number of Topliss-reactive ketones (excluding diaryl/α,β-unsaturated/α-hetero) is 2. The minimum atomic E-state index is -0.963. The molecular weight excluding hydrogens is 420 g/mol. The van der Waals surface area contributed by atoms with Crippen molar-refractivity contribution in [3.05, 3.63) is 47.0 Å². The molecule has 0 radical (unpaired) electrons. The lowest BCUT2D eigenvalue weighted by atomic mass is 9.72. The Balaban J connectivity index is 1.35. The molecule has 1 aromatic carbocycles. The van der Waals surface area contributed by atoms with Gasteiger partial charge in [-0.25, -0.2) is 0 Å². The zero-order valence-electron chi connectivity index (χ0n) is 22.4. The van der Waals surface area contributed by atoms with Crippen molar-refractivity contribution in [2.24, 2.45) is 17.8 Å². The van der Waals surface area contributed by atoms with E-state index < -0.39 is 11.2 Å². The molecule has 1 fully saturated rings. The number of fused-ring (bicyclic) bond motifs is 2. The number of ketones is 2. The normalized spacial score (nSPS) is 25.8. The number of epoxide rings is 1. The monoisotopic (exact) mass is 466 g/mol. The number of rotatable bonds is 14. The number of benzene rings is 1. The number of carbonyl (C=O) groups is 2. The van der Waals surface area contributed by atoms with Gasteiger partial charge in [0.2, 0.25) is 0 Å². The third-order valence-electron chi connectivity index (χ3n) is 8.31. The molecule has 0 bridgehead atoms. The van der Waals surface area contributed by atoms with Crippen LogP contribution in [0.5, 0.6) is 0 Å². The molecule has 2 aliphatic rings. The lowest BCUT2D eigenvalue weighted by molar-refractivity contribution is 0.0834. The van der Waals surface area contributed by atoms with Gasteiger partial charge in [-0.15, -0.1) is 0 Å². The van der Waals surface area contributed by atoms with Crippen LogP contribution >= 0.6 is 0 Å². The van der Waals surface area contributed by atoms with Gasteiger partial charge < -0.3 is 4.74 Å². The topological polar surface area (TPSA) is 46.7 Å². The van der Waals surface area contributed by atoms with Crippen molar-refractivity contribution in [2.75, 3.05) is 0 Å². The summed E-state index contributed by atoms with van der Waals surface area (Å²) >= 11 is 0. The Kier molecular flexibility index (Phi) is 8.95. The fourth-order valence-electron chi connectivity index (χ4n) is 5.74. The zero-order chi connectivity index (χ0) is 24.9. The van der Waals surface area contributed by atoms with Crippen LogP contribution in [0.1, 0.15) is 126 Å². The largest absolute Gasteiger partial charge is 0.345 e. The van der Waals surface area contributed by atoms with Gasteiger partial charge in [0.15, 0.2) is 22.8 Å². The Bertz CT molecular complexity index is 896. The smallest absolute Gasteiger partial charge is 0.198 e. The Hall–Kier alpha value is -1.74. The predicted octanol–water partition coefficient (Wildman–Crippen LogP) is 8.37. The Morgan fingerprint density at radius 2 is 1.32 bits per heavy atom. The zero-order valence-corrected chi connectivity index (χ0v) is 22.4. The first-order chi connectivity index (χ1) is 16.1. The fourth-order valence-corrected chi connectivity index (χ4v) is 5.74. The van der Waals surface area contributed by atoms with Gasteiger partial charge in [-0.2, -0.15) is 0 Å². The summed E-state index contributed by atoms with van der Waals surface area (Å²) in [6, 6.07) is 7.17. The molecule has 5 atom stereocenters. The second-order valence-corrected chi connectivity index (χ2v) is 11.7. The highest BCUT2D eigenvalue weighted by Crippen LogP contribution is 2.58. The third kappa shape index (κ3) is 5.90. The van der Waals surface area contributed by atoms with E-state index in [0.29, 0.717) is 23.5 Å². The maximum atomic E-state index is 13.2. The Morgan fingerprint density at radius 3 is 1.88 bits per heavy atom. The van der Waals surface area contributed by atoms with Gasteiger partial charge in [-0.1, -0.05) is 95.2 Å². The van der Waals surface area contributed by atoms with Gasteiger partial charge in [0.05, 0.1) is 0 Å². The number of allylic oxidation sites excluding steroid dienone is 2. The summed E-state index contributed by atoms with van der Waals surface area (Å²) in [6.07, 6.45) is 14.1. The molecular formula is C31H46O3. The van der Waals surface area contributed by atoms with E-state index in [1.165, 1.54) is 56.9 Å². The summed E-state index contributed by atoms with van der Waals surface area (Å²) in [5.74, 6) is 2.10. The minimum absolute atomic E-state index is 0.00102. The summed E-state index contributed by atoms with van der Waals surface area (Å²) in [4.78, 5) is 26.2. The number of hydrogen-bond acceptors (Lipinski definition) is 3. The lowest BCUT2D eigenvalue weighted by Crippen LogP contribution is -2.43. The first-order valence-electron chi connectivity index (χ1n) is 13.6. The maximum Gasteiger partial charge on any atom is 0.198 e. The van der Waals surface area contributed by atoms with E-state index in [4.69, 9.17) is 4.74 Å². The molecule has 1 aliphatic carbocycles. The van der Waals surface area contributed by atoms with Crippen molar-refractivity contribution >= 4 is 11.6 Å². The quantitative estimate of drug-likeness (QED) is 0.204. The molecule has 3 rings (SSSR count). The second-order valence-electron chi connectivity index (χ2n) is 11.7. The third-order valence-corrected chi connectivity index (χ3v) is 8.31. The van der Waals surface area contributed by atoms with Crippen LogP contribution in [0.15, 0.2) is 35.9 Å². The second kappa shape index (κ2) is 11.3. The molecule has 3 heteroatoms. The summed E-state index contributed by atoms with van der Waals surface area (Å²) in [5.41, 5.74) is 0.595. The molecule has 3 nitrogen and oxygen atoms in total. The first kappa shape index (κ1) is 26.9. The molecule has 1 heterocycles. The summed E-state index contributed by atoms with van der Waals surface area (Å²) in [7, 11) is 0. The molecule has 0 saturated carbocycles. The molecule has 0 spiro atoms. The van der Waals surface area contributed by atoms with Crippen molar-refractivity contribution in [1.82, 2.24) is 0 Å². The van der Waals surface area contributed by atoms with Gasteiger partial charge in [-0.05, 0) is 64.2 Å². The van der Waals surface area contributed by atoms with Crippen molar-refractivity contribution in [3.63, 3.8) is 0 Å². The van der Waals surface area contributed by atoms with E-state index in [0.717, 1.165) is 18.3 Å². The highest BCUT2D eigenvalue weighted by atomic mass is 16.6. The van der Waals surface area contributed by atoms with Crippen molar-refractivity contribution in [2.45, 2.75) is 117 Å². The lowest BCUT2D eigenvalue weighted by Gasteiger charge is -2.24. The molecule has 0 amide bonds. The van der Waals surface area contributed by atoms with Crippen LogP contribution in [-0.2, 0) is 4.74 Å². The first-order valence-corrected chi connectivity index (χ1v) is 13.6. The SMILES string of the molecule is CC(C)=CCCC(C)CCCC(C)CCCC(C)CC[C@]12O[C@@]1(C)C(=O)c1ccccc1C2=O. The van der Waals surface area contributed by atoms with Crippen LogP contribution in [0, 0.1) is 17.8 Å². The van der Waals surface area contributed by atoms with Crippen LogP contribution in [-0.4, -0.2) is 22.8 Å². The van der Waals surface area contributed by atoms with Crippen LogP contribution in [0.4, 0.5) is 0 Å². The van der Waals surface area contributed by atoms with E-state index in [-0.39, 0.29) is 11.6 Å². The van der Waals surface area contributed by atoms with Crippen LogP contribution < -0.4 is 0 Å². The Morgan fingerprint density at radius 1 is 0.824 bits per heavy atom. The van der Waals surface area contributed by atoms with E-state index in [1.54, 1.807) is 19.1 Å². The van der Waals surface area contributed by atoms with Crippen molar-refractivity contribution in [1.29, 1.82) is 0 Å². The molecule has 188 valence electrons. The highest BCUT2D eigenvalue weighted by Gasteiger charge is 2.77. The van der Waals surface area contributed by atoms with Gasteiger partial charge >= 0.3 is 0 Å². The van der Waals surface area contributed by atoms with Gasteiger partial charge in [0, 0.05) is 11.1 Å². The number of ether oxygens (including phenoxy) is 1. The van der Waals surface area contributed by atoms with E-state index in [1.807, 2.05) is 12.1 Å². The van der Waals surface area contributed by atoms with E-state index in [2.05, 4.69) is 40.7 Å². The summed E-state index contributed by atoms with van der Waals surface area (Å²) in [5, 5.41) is 0. The van der Waals surface area contributed by atoms with Crippen LogP contribution in [0.2, 0.25) is 0 Å². The van der Waals surface area contributed by atoms with Crippen molar-refractivity contribution < 1.29 is 14.3 Å². The van der Waals surface area contributed by atoms with Crippen LogP contribution in [0.25, 0.3) is 0 Å². The van der Waals surface area contributed by atoms with Crippen LogP contribution in [0.3, 0.4) is 0 Å². The number of carbonyl (C=O) groups excluding carboxylic acids is 2. The fraction of sp³-hybridized carbons (Fsp3) is 0.677. The molecule has 1 aliphatic heterocycles. The maximum absolute atomic E-state index is 13.2. The highest BCUT2D eigenvalue weighted by molar-refractivity contribution is 6.24. The standard InChI is InChI=1S/C31H46O3/c1-22(2)12-9-13-23(3)14-10-15-24(4)16-11-17-25(5)20-21-31-29(33)27-19-8-7-18-26(27)28(32)30(31,6)34-31/h7-8,12,18-19,23-25H,9-11,13-17,20-21H2,1-6H3/t23?,24?,25?,30-,31+/m0/s1. The molecule has 0 N–H and O–H groups in total. The minimum Gasteiger partial charge on any atom is -0.345 e. The summed E-state index contributed by atoms with van der Waals surface area (Å²) < 4.78 is 5.95. The molecule has 1 saturated heterocycles. The molecule has 1 aromatic rings. The van der Waals surface area contributed by atoms with Gasteiger partial charge in [-0.3, -0.25) is 9.59 Å². The summed E-state index contributed by atoms with van der Waals surface area (Å²) in [6.45, 7) is 13.2. The van der Waals surface area contributed by atoms with E-state index >= 15 is 0 Å². The van der Waals surface area contributed by atoms with Gasteiger partial charge in [0.25, 0.3) is 0 Å². The molecule has 0 aromatic heterocycles. The van der Waals surface area contributed by atoms with E-state index in [9.17, 15) is 9.59 Å². The average Bonchev–Trinajstić information content (AvgIpc) is 3.43. The predicted molar refractivity (Wildman–Crippen MR) is 140 cm³/mol. The Labute approximate surface area is 207 Å². The average molecular weight is 467 g/mol. The molecule has 34 heavy (non-hydrogen) atoms.